The maximum absolute atomic E-state index is 13.3. The molecule has 0 bridgehead atoms. The first kappa shape index (κ1) is 20.2. The molecular weight excluding hydrogens is 348 g/mol. The van der Waals surface area contributed by atoms with Crippen LogP contribution < -0.4 is 10.2 Å². The van der Waals surface area contributed by atoms with Crippen molar-refractivity contribution in [1.29, 1.82) is 0 Å². The van der Waals surface area contributed by atoms with Crippen LogP contribution in [0.2, 0.25) is 0 Å². The number of ether oxygens (including phenoxy) is 1. The van der Waals surface area contributed by atoms with Gasteiger partial charge in [0.2, 0.25) is 5.43 Å². The van der Waals surface area contributed by atoms with E-state index in [2.05, 4.69) is 39.5 Å². The molecular formula is C25H30O3. The second-order valence-electron chi connectivity index (χ2n) is 8.36. The predicted octanol–water partition coefficient (Wildman–Crippen LogP) is 6.39. The Morgan fingerprint density at radius 1 is 1.32 bits per heavy atom. The van der Waals surface area contributed by atoms with E-state index in [1.54, 1.807) is 0 Å². The Balaban J connectivity index is 2.02. The highest BCUT2D eigenvalue weighted by Gasteiger charge is 2.40. The summed E-state index contributed by atoms with van der Waals surface area (Å²) in [4.78, 5) is 13.3. The van der Waals surface area contributed by atoms with Gasteiger partial charge in [0.05, 0.1) is 10.9 Å². The molecule has 1 aliphatic heterocycles. The van der Waals surface area contributed by atoms with Crippen molar-refractivity contribution in [3.8, 4) is 5.95 Å². The minimum absolute atomic E-state index is 0.0144. The summed E-state index contributed by atoms with van der Waals surface area (Å²) >= 11 is 0. The fourth-order valence-corrected chi connectivity index (χ4v) is 3.93. The lowest BCUT2D eigenvalue weighted by atomic mass is 9.76. The first-order valence-electron chi connectivity index (χ1n) is 9.93. The Hall–Kier alpha value is -2.55. The van der Waals surface area contributed by atoms with Gasteiger partial charge in [0, 0.05) is 11.8 Å². The first-order valence-corrected chi connectivity index (χ1v) is 9.93. The molecule has 3 heteroatoms. The zero-order chi connectivity index (χ0) is 20.5. The molecule has 0 saturated carbocycles. The summed E-state index contributed by atoms with van der Waals surface area (Å²) in [6, 6.07) is 5.65. The average molecular weight is 379 g/mol. The lowest BCUT2D eigenvalue weighted by molar-refractivity contribution is 0.137. The van der Waals surface area contributed by atoms with Gasteiger partial charge in [-0.25, -0.2) is 0 Å². The molecule has 3 rings (SSSR count). The fraction of sp³-hybridized carbons (Fsp3) is 0.400. The molecule has 2 heterocycles. The summed E-state index contributed by atoms with van der Waals surface area (Å²) in [7, 11) is 0. The zero-order valence-electron chi connectivity index (χ0n) is 17.6. The summed E-state index contributed by atoms with van der Waals surface area (Å²) in [6.07, 6.45) is 8.79. The molecule has 0 aliphatic carbocycles. The van der Waals surface area contributed by atoms with E-state index in [1.165, 1.54) is 11.1 Å². The Morgan fingerprint density at radius 2 is 2.07 bits per heavy atom. The average Bonchev–Trinajstić information content (AvgIpc) is 2.60. The van der Waals surface area contributed by atoms with Gasteiger partial charge < -0.3 is 9.15 Å². The summed E-state index contributed by atoms with van der Waals surface area (Å²) in [5.74, 6) is 0.329. The third-order valence-corrected chi connectivity index (χ3v) is 5.56. The summed E-state index contributed by atoms with van der Waals surface area (Å²) in [5, 5.41) is 0.629. The molecule has 1 aromatic carbocycles. The standard InChI is InChI=1S/C25H30O3/c1-7-25(6)15-19(14-17(4)11-8-10-16(2)3)27-24-22(25)23(26)21-18(5)12-9-13-20(21)28-24/h7,9-10,12-14,19H,1,8,11,15H2,2-6H3/t19-,25+/m0/s1. The predicted molar refractivity (Wildman–Crippen MR) is 116 cm³/mol. The number of fused-ring (bicyclic) bond motifs is 2. The van der Waals surface area contributed by atoms with Gasteiger partial charge in [0.1, 0.15) is 11.7 Å². The van der Waals surface area contributed by atoms with Crippen LogP contribution in [0.1, 0.15) is 58.1 Å². The number of allylic oxidation sites excluding steroid dienone is 4. The number of hydrogen-bond donors (Lipinski definition) is 0. The normalized spacial score (nSPS) is 21.8. The lowest BCUT2D eigenvalue weighted by Crippen LogP contribution is -2.38. The first-order chi connectivity index (χ1) is 13.2. The molecule has 1 aliphatic rings. The Kier molecular flexibility index (Phi) is 5.64. The second kappa shape index (κ2) is 7.83. The maximum Gasteiger partial charge on any atom is 0.293 e. The van der Waals surface area contributed by atoms with Crippen LogP contribution in [0.25, 0.3) is 11.0 Å². The molecule has 1 aromatic heterocycles. The van der Waals surface area contributed by atoms with Gasteiger partial charge in [-0.1, -0.05) is 42.4 Å². The van der Waals surface area contributed by atoms with Crippen molar-refractivity contribution in [2.45, 2.75) is 65.4 Å². The van der Waals surface area contributed by atoms with Crippen molar-refractivity contribution in [3.05, 3.63) is 75.5 Å². The lowest BCUT2D eigenvalue weighted by Gasteiger charge is -2.35. The van der Waals surface area contributed by atoms with Crippen molar-refractivity contribution in [1.82, 2.24) is 0 Å². The molecule has 0 fully saturated rings. The van der Waals surface area contributed by atoms with Gasteiger partial charge in [-0.15, -0.1) is 6.58 Å². The third kappa shape index (κ3) is 3.84. The van der Waals surface area contributed by atoms with Crippen molar-refractivity contribution < 1.29 is 9.15 Å². The second-order valence-corrected chi connectivity index (χ2v) is 8.36. The topological polar surface area (TPSA) is 39.4 Å². The summed E-state index contributed by atoms with van der Waals surface area (Å²) < 4.78 is 12.2. The zero-order valence-corrected chi connectivity index (χ0v) is 17.6. The van der Waals surface area contributed by atoms with Crippen molar-refractivity contribution in [2.75, 3.05) is 0 Å². The SMILES string of the molecule is C=C[C@]1(C)C[C@H](C=C(C)CCC=C(C)C)Oc2oc3cccc(C)c3c(=O)c21. The minimum atomic E-state index is -0.494. The third-order valence-electron chi connectivity index (χ3n) is 5.56. The largest absolute Gasteiger partial charge is 0.457 e. The molecule has 2 atom stereocenters. The highest BCUT2D eigenvalue weighted by atomic mass is 16.6. The van der Waals surface area contributed by atoms with Crippen LogP contribution in [0.3, 0.4) is 0 Å². The van der Waals surface area contributed by atoms with Crippen LogP contribution in [0.15, 0.2) is 63.4 Å². The van der Waals surface area contributed by atoms with Crippen molar-refractivity contribution >= 4 is 11.0 Å². The van der Waals surface area contributed by atoms with Crippen LogP contribution >= 0.6 is 0 Å². The van der Waals surface area contributed by atoms with Crippen LogP contribution in [0.5, 0.6) is 5.95 Å². The minimum Gasteiger partial charge on any atom is -0.457 e. The van der Waals surface area contributed by atoms with Crippen LogP contribution in [0.4, 0.5) is 0 Å². The van der Waals surface area contributed by atoms with Gasteiger partial charge >= 0.3 is 0 Å². The number of benzene rings is 1. The summed E-state index contributed by atoms with van der Waals surface area (Å²) in [5.41, 5.74) is 4.16. The molecule has 0 amide bonds. The molecule has 148 valence electrons. The van der Waals surface area contributed by atoms with Crippen molar-refractivity contribution in [3.63, 3.8) is 0 Å². The maximum atomic E-state index is 13.3. The molecule has 0 spiro atoms. The number of hydrogen-bond acceptors (Lipinski definition) is 3. The van der Waals surface area contributed by atoms with Crippen LogP contribution in [-0.2, 0) is 5.41 Å². The van der Waals surface area contributed by atoms with Gasteiger partial charge in [-0.3, -0.25) is 4.79 Å². The molecule has 0 radical (unpaired) electrons. The van der Waals surface area contributed by atoms with E-state index >= 15 is 0 Å². The van der Waals surface area contributed by atoms with Gasteiger partial charge in [0.25, 0.3) is 5.95 Å². The molecule has 28 heavy (non-hydrogen) atoms. The van der Waals surface area contributed by atoms with E-state index in [-0.39, 0.29) is 11.5 Å². The van der Waals surface area contributed by atoms with E-state index in [1.807, 2.05) is 38.1 Å². The molecule has 3 nitrogen and oxygen atoms in total. The monoisotopic (exact) mass is 378 g/mol. The fourth-order valence-electron chi connectivity index (χ4n) is 3.93. The summed E-state index contributed by atoms with van der Waals surface area (Å²) in [6.45, 7) is 14.4. The highest BCUT2D eigenvalue weighted by Crippen LogP contribution is 2.42. The molecule has 0 saturated heterocycles. The van der Waals surface area contributed by atoms with E-state index in [9.17, 15) is 4.79 Å². The van der Waals surface area contributed by atoms with Gasteiger partial charge in [-0.05, 0) is 58.2 Å². The molecule has 0 unspecified atom stereocenters. The quantitative estimate of drug-likeness (QED) is 0.566. The van der Waals surface area contributed by atoms with E-state index < -0.39 is 5.41 Å². The van der Waals surface area contributed by atoms with Gasteiger partial charge in [-0.2, -0.15) is 0 Å². The highest BCUT2D eigenvalue weighted by molar-refractivity contribution is 5.81. The Labute approximate surface area is 167 Å². The number of aryl methyl sites for hydroxylation is 1. The molecule has 0 N–H and O–H groups in total. The smallest absolute Gasteiger partial charge is 0.293 e. The van der Waals surface area contributed by atoms with Gasteiger partial charge in [0.15, 0.2) is 0 Å². The van der Waals surface area contributed by atoms with E-state index in [0.717, 1.165) is 18.4 Å². The Bertz CT molecular complexity index is 1020. The molecule has 2 aromatic rings. The van der Waals surface area contributed by atoms with Crippen LogP contribution in [-0.4, -0.2) is 6.10 Å². The van der Waals surface area contributed by atoms with E-state index in [0.29, 0.717) is 28.9 Å². The van der Waals surface area contributed by atoms with E-state index in [4.69, 9.17) is 9.15 Å². The van der Waals surface area contributed by atoms with Crippen LogP contribution in [0, 0.1) is 6.92 Å². The number of rotatable bonds is 5. The van der Waals surface area contributed by atoms with Crippen molar-refractivity contribution in [2.24, 2.45) is 0 Å². The Morgan fingerprint density at radius 3 is 2.75 bits per heavy atom.